The van der Waals surface area contributed by atoms with Gasteiger partial charge in [0.15, 0.2) is 0 Å². The van der Waals surface area contributed by atoms with Crippen LogP contribution in [0.4, 0.5) is 10.1 Å². The average molecular weight is 225 g/mol. The van der Waals surface area contributed by atoms with Crippen LogP contribution >= 0.6 is 0 Å². The summed E-state index contributed by atoms with van der Waals surface area (Å²) in [6.45, 7) is 2.78. The molecule has 1 unspecified atom stereocenters. The topological polar surface area (TPSA) is 66.4 Å². The molecule has 0 fully saturated rings. The second-order valence-corrected chi connectivity index (χ2v) is 3.46. The number of carbonyl (C=O) groups excluding carboxylic acids is 1. The largest absolute Gasteiger partial charge is 0.481 e. The first-order valence-electron chi connectivity index (χ1n) is 4.72. The van der Waals surface area contributed by atoms with Crippen LogP contribution in [0.1, 0.15) is 12.5 Å². The van der Waals surface area contributed by atoms with Crippen molar-refractivity contribution in [3.63, 3.8) is 0 Å². The van der Waals surface area contributed by atoms with Crippen LogP contribution in [0.2, 0.25) is 0 Å². The van der Waals surface area contributed by atoms with Gasteiger partial charge in [0.05, 0.1) is 0 Å². The van der Waals surface area contributed by atoms with E-state index in [1.54, 1.807) is 0 Å². The number of aliphatic carboxylic acids is 1. The van der Waals surface area contributed by atoms with Crippen LogP contribution in [0.5, 0.6) is 0 Å². The second kappa shape index (κ2) is 4.74. The van der Waals surface area contributed by atoms with Gasteiger partial charge in [-0.2, -0.15) is 0 Å². The summed E-state index contributed by atoms with van der Waals surface area (Å²) in [7, 11) is 0. The molecule has 1 rings (SSSR count). The van der Waals surface area contributed by atoms with Crippen molar-refractivity contribution < 1.29 is 19.1 Å². The van der Waals surface area contributed by atoms with Gasteiger partial charge >= 0.3 is 5.97 Å². The first kappa shape index (κ1) is 12.2. The molecule has 0 saturated heterocycles. The van der Waals surface area contributed by atoms with Crippen LogP contribution in [0.3, 0.4) is 0 Å². The molecule has 1 aromatic rings. The summed E-state index contributed by atoms with van der Waals surface area (Å²) in [6, 6.07) is 4.24. The van der Waals surface area contributed by atoms with Gasteiger partial charge in [0.1, 0.15) is 11.7 Å². The highest BCUT2D eigenvalue weighted by Gasteiger charge is 2.21. The molecule has 2 N–H and O–H groups in total. The number of carboxylic acid groups (broad SMARTS) is 1. The Kier molecular flexibility index (Phi) is 3.60. The second-order valence-electron chi connectivity index (χ2n) is 3.46. The molecule has 1 atom stereocenters. The SMILES string of the molecule is Cc1c(F)cccc1NC(=O)C(C)C(=O)O. The van der Waals surface area contributed by atoms with Gasteiger partial charge in [0.2, 0.25) is 5.91 Å². The van der Waals surface area contributed by atoms with Gasteiger partial charge in [-0.1, -0.05) is 6.07 Å². The quantitative estimate of drug-likeness (QED) is 0.771. The van der Waals surface area contributed by atoms with Gasteiger partial charge in [-0.05, 0) is 26.0 Å². The maximum atomic E-state index is 13.1. The minimum Gasteiger partial charge on any atom is -0.481 e. The van der Waals surface area contributed by atoms with Gasteiger partial charge in [-0.3, -0.25) is 9.59 Å². The number of amides is 1. The smallest absolute Gasteiger partial charge is 0.315 e. The van der Waals surface area contributed by atoms with Crippen molar-refractivity contribution in [2.45, 2.75) is 13.8 Å². The first-order chi connectivity index (χ1) is 7.43. The molecule has 0 spiro atoms. The van der Waals surface area contributed by atoms with Crippen LogP contribution in [0, 0.1) is 18.7 Å². The number of rotatable bonds is 3. The van der Waals surface area contributed by atoms with E-state index in [0.717, 1.165) is 0 Å². The predicted molar refractivity (Wildman–Crippen MR) is 56.6 cm³/mol. The summed E-state index contributed by atoms with van der Waals surface area (Å²) in [4.78, 5) is 22.0. The van der Waals surface area contributed by atoms with Crippen LogP contribution < -0.4 is 5.32 Å². The van der Waals surface area contributed by atoms with Gasteiger partial charge in [-0.25, -0.2) is 4.39 Å². The molecule has 0 bridgehead atoms. The van der Waals surface area contributed by atoms with E-state index in [1.807, 2.05) is 0 Å². The van der Waals surface area contributed by atoms with Crippen molar-refractivity contribution >= 4 is 17.6 Å². The summed E-state index contributed by atoms with van der Waals surface area (Å²) in [5, 5.41) is 11.0. The van der Waals surface area contributed by atoms with Crippen molar-refractivity contribution in [3.8, 4) is 0 Å². The predicted octanol–water partition coefficient (Wildman–Crippen LogP) is 1.79. The summed E-state index contributed by atoms with van der Waals surface area (Å²) in [5.74, 6) is -3.49. The zero-order chi connectivity index (χ0) is 12.3. The van der Waals surface area contributed by atoms with Crippen molar-refractivity contribution in [3.05, 3.63) is 29.6 Å². The molecule has 1 amide bonds. The number of nitrogens with one attached hydrogen (secondary N) is 1. The molecule has 0 aromatic heterocycles. The lowest BCUT2D eigenvalue weighted by Crippen LogP contribution is -2.27. The fourth-order valence-electron chi connectivity index (χ4n) is 1.10. The van der Waals surface area contributed by atoms with E-state index in [4.69, 9.17) is 5.11 Å². The van der Waals surface area contributed by atoms with Crippen LogP contribution in [-0.2, 0) is 9.59 Å². The van der Waals surface area contributed by atoms with E-state index < -0.39 is 23.6 Å². The summed E-state index contributed by atoms with van der Waals surface area (Å²) in [5.41, 5.74) is 0.575. The molecular formula is C11H12FNO3. The third-order valence-electron chi connectivity index (χ3n) is 2.29. The van der Waals surface area contributed by atoms with E-state index in [-0.39, 0.29) is 11.3 Å². The molecule has 4 nitrogen and oxygen atoms in total. The van der Waals surface area contributed by atoms with Gasteiger partial charge in [0, 0.05) is 11.3 Å². The lowest BCUT2D eigenvalue weighted by atomic mass is 10.1. The van der Waals surface area contributed by atoms with Crippen LogP contribution in [-0.4, -0.2) is 17.0 Å². The molecule has 86 valence electrons. The molecule has 0 aliphatic rings. The van der Waals surface area contributed by atoms with Crippen LogP contribution in [0.15, 0.2) is 18.2 Å². The van der Waals surface area contributed by atoms with Crippen molar-refractivity contribution in [1.29, 1.82) is 0 Å². The average Bonchev–Trinajstić information content (AvgIpc) is 2.23. The number of carbonyl (C=O) groups is 2. The van der Waals surface area contributed by atoms with Crippen molar-refractivity contribution in [2.24, 2.45) is 5.92 Å². The third-order valence-corrected chi connectivity index (χ3v) is 2.29. The molecule has 0 heterocycles. The number of carboxylic acids is 1. The highest BCUT2D eigenvalue weighted by molar-refractivity contribution is 6.04. The Balaban J connectivity index is 2.85. The molecule has 0 saturated carbocycles. The van der Waals surface area contributed by atoms with E-state index in [1.165, 1.54) is 32.0 Å². The highest BCUT2D eigenvalue weighted by Crippen LogP contribution is 2.18. The van der Waals surface area contributed by atoms with Gasteiger partial charge < -0.3 is 10.4 Å². The Morgan fingerprint density at radius 2 is 2.06 bits per heavy atom. The number of halogens is 1. The number of hydrogen-bond donors (Lipinski definition) is 2. The maximum absolute atomic E-state index is 13.1. The van der Waals surface area contributed by atoms with Crippen molar-refractivity contribution in [2.75, 3.05) is 5.32 Å². The fourth-order valence-corrected chi connectivity index (χ4v) is 1.10. The lowest BCUT2D eigenvalue weighted by molar-refractivity contribution is -0.144. The van der Waals surface area contributed by atoms with E-state index in [0.29, 0.717) is 0 Å². The zero-order valence-electron chi connectivity index (χ0n) is 8.95. The molecule has 0 radical (unpaired) electrons. The highest BCUT2D eigenvalue weighted by atomic mass is 19.1. The Hall–Kier alpha value is -1.91. The maximum Gasteiger partial charge on any atom is 0.315 e. The third kappa shape index (κ3) is 2.56. The monoisotopic (exact) mass is 225 g/mol. The number of hydrogen-bond acceptors (Lipinski definition) is 2. The molecule has 1 aromatic carbocycles. The zero-order valence-corrected chi connectivity index (χ0v) is 8.95. The summed E-state index contributed by atoms with van der Waals surface area (Å²) < 4.78 is 13.1. The molecule has 0 aliphatic heterocycles. The number of anilines is 1. The summed E-state index contributed by atoms with van der Waals surface area (Å²) >= 11 is 0. The molecular weight excluding hydrogens is 213 g/mol. The number of benzene rings is 1. The molecule has 0 aliphatic carbocycles. The molecule has 16 heavy (non-hydrogen) atoms. The Morgan fingerprint density at radius 3 is 2.62 bits per heavy atom. The fraction of sp³-hybridized carbons (Fsp3) is 0.273. The Labute approximate surface area is 92.1 Å². The molecule has 5 heteroatoms. The lowest BCUT2D eigenvalue weighted by Gasteiger charge is -2.10. The van der Waals surface area contributed by atoms with E-state index >= 15 is 0 Å². The standard InChI is InChI=1S/C11H12FNO3/c1-6-8(12)4-3-5-9(6)13-10(14)7(2)11(15)16/h3-5,7H,1-2H3,(H,13,14)(H,15,16). The van der Waals surface area contributed by atoms with Crippen molar-refractivity contribution in [1.82, 2.24) is 0 Å². The Bertz CT molecular complexity index is 431. The first-order valence-corrected chi connectivity index (χ1v) is 4.72. The van der Waals surface area contributed by atoms with Crippen LogP contribution in [0.25, 0.3) is 0 Å². The Morgan fingerprint density at radius 1 is 1.44 bits per heavy atom. The minimum atomic E-state index is -1.22. The summed E-state index contributed by atoms with van der Waals surface area (Å²) in [6.07, 6.45) is 0. The van der Waals surface area contributed by atoms with E-state index in [2.05, 4.69) is 5.32 Å². The normalized spacial score (nSPS) is 11.9. The van der Waals surface area contributed by atoms with Gasteiger partial charge in [-0.15, -0.1) is 0 Å². The van der Waals surface area contributed by atoms with Gasteiger partial charge in [0.25, 0.3) is 0 Å². The van der Waals surface area contributed by atoms with E-state index in [9.17, 15) is 14.0 Å². The minimum absolute atomic E-state index is 0.286.